The number of esters is 6. The smallest absolute Gasteiger partial charge is 0.430 e. The van der Waals surface area contributed by atoms with Crippen LogP contribution in [0.1, 0.15) is 177 Å². The van der Waals surface area contributed by atoms with Crippen LogP contribution in [0.4, 0.5) is 43.9 Å². The predicted molar refractivity (Wildman–Crippen MR) is 343 cm³/mol. The van der Waals surface area contributed by atoms with Crippen molar-refractivity contribution >= 4 is 59.3 Å². The fourth-order valence-corrected chi connectivity index (χ4v) is 10.6. The topological polar surface area (TPSA) is 233 Å². The molecule has 1 heterocycles. The molecule has 0 amide bonds. The molecule has 0 N–H and O–H groups in total. The van der Waals surface area contributed by atoms with Crippen molar-refractivity contribution in [3.8, 4) is 0 Å². The van der Waals surface area contributed by atoms with Crippen molar-refractivity contribution in [3.05, 3.63) is 82.1 Å². The molecule has 0 aliphatic rings. The van der Waals surface area contributed by atoms with Gasteiger partial charge in [-0.15, -0.1) is 0 Å². The minimum Gasteiger partial charge on any atom is -0.466 e. The second kappa shape index (κ2) is 46.4. The van der Waals surface area contributed by atoms with Crippen molar-refractivity contribution in [2.24, 2.45) is 10.8 Å². The summed E-state index contributed by atoms with van der Waals surface area (Å²) in [4.78, 5) is 112. The Balaban J connectivity index is 0. The number of rotatable bonds is 55. The van der Waals surface area contributed by atoms with E-state index >= 15 is 8.78 Å². The SMILES string of the molecule is C.C.C=CC(=O)OCC(C)(COC(=O)C=C)CC(=O)OCCCCCCCCCCCSCCCn1c(=O)n(CCCSCCCCCCCCCCCOC(=O)CC(C)(COC(=O)C=C)COC(=O)C=C)c(=O)n(CC(F)(F)C(F)(F)OC(F)(F)C(F)(F)C(C)(F)F)c1=O. The minimum absolute atomic E-state index is 0. The van der Waals surface area contributed by atoms with Gasteiger partial charge in [-0.3, -0.25) is 9.59 Å². The molecule has 1 rings (SSSR count). The van der Waals surface area contributed by atoms with Gasteiger partial charge >= 0.3 is 82.9 Å². The van der Waals surface area contributed by atoms with E-state index in [0.29, 0.717) is 45.0 Å². The lowest BCUT2D eigenvalue weighted by Crippen LogP contribution is -2.61. The Hall–Kier alpha value is -5.85. The number of hydrogen-bond acceptors (Lipinski definition) is 18. The summed E-state index contributed by atoms with van der Waals surface area (Å²) in [5.41, 5.74) is -7.07. The second-order valence-electron chi connectivity index (χ2n) is 23.0. The Morgan fingerprint density at radius 1 is 0.400 bits per heavy atom. The summed E-state index contributed by atoms with van der Waals surface area (Å²) in [5, 5.41) is 0. The fourth-order valence-electron chi connectivity index (χ4n) is 8.66. The first-order chi connectivity index (χ1) is 43.6. The zero-order chi connectivity index (χ0) is 70.4. The zero-order valence-corrected chi connectivity index (χ0v) is 55.0. The quantitative estimate of drug-likeness (QED) is 0.0194. The van der Waals surface area contributed by atoms with Crippen LogP contribution in [0.2, 0.25) is 0 Å². The molecule has 548 valence electrons. The third-order valence-electron chi connectivity index (χ3n) is 14.1. The molecule has 0 spiro atoms. The molecule has 0 radical (unpaired) electrons. The maximum absolute atomic E-state index is 15.2. The first-order valence-electron chi connectivity index (χ1n) is 30.8. The van der Waals surface area contributed by atoms with E-state index in [0.717, 1.165) is 127 Å². The number of ether oxygens (including phenoxy) is 7. The minimum atomic E-state index is -6.89. The Bertz CT molecular complexity index is 2530. The molecule has 19 nitrogen and oxygen atoms in total. The number of carbonyl (C=O) groups is 6. The van der Waals surface area contributed by atoms with Crippen molar-refractivity contribution in [1.82, 2.24) is 13.7 Å². The summed E-state index contributed by atoms with van der Waals surface area (Å²) in [6, 6.07) is 0. The molecule has 0 aliphatic heterocycles. The number of hydrogen-bond donors (Lipinski definition) is 0. The van der Waals surface area contributed by atoms with Crippen LogP contribution in [0.5, 0.6) is 0 Å². The Morgan fingerprint density at radius 2 is 0.674 bits per heavy atom. The Morgan fingerprint density at radius 3 is 0.968 bits per heavy atom. The molecule has 95 heavy (non-hydrogen) atoms. The summed E-state index contributed by atoms with van der Waals surface area (Å²) in [5.74, 6) is -20.6. The zero-order valence-electron chi connectivity index (χ0n) is 53.4. The van der Waals surface area contributed by atoms with Gasteiger partial charge in [0.05, 0.1) is 26.1 Å². The van der Waals surface area contributed by atoms with Crippen molar-refractivity contribution in [1.29, 1.82) is 0 Å². The van der Waals surface area contributed by atoms with Crippen LogP contribution in [0.25, 0.3) is 0 Å². The van der Waals surface area contributed by atoms with Gasteiger partial charge in [0, 0.05) is 55.1 Å². The highest BCUT2D eigenvalue weighted by Gasteiger charge is 2.76. The van der Waals surface area contributed by atoms with Crippen LogP contribution in [0.15, 0.2) is 65.0 Å². The van der Waals surface area contributed by atoms with Crippen LogP contribution < -0.4 is 17.1 Å². The number of aromatic nitrogens is 3. The molecule has 0 fully saturated rings. The maximum Gasteiger partial charge on any atom is 0.430 e. The van der Waals surface area contributed by atoms with Gasteiger partial charge in [0.15, 0.2) is 0 Å². The Labute approximate surface area is 558 Å². The fraction of sp³-hybridized carbons (Fsp3) is 0.734. The number of halogens is 10. The molecule has 31 heteroatoms. The van der Waals surface area contributed by atoms with E-state index in [4.69, 9.17) is 28.4 Å². The average molecular weight is 1420 g/mol. The van der Waals surface area contributed by atoms with Crippen molar-refractivity contribution in [3.63, 3.8) is 0 Å². The van der Waals surface area contributed by atoms with Crippen LogP contribution in [-0.4, -0.2) is 142 Å². The summed E-state index contributed by atoms with van der Waals surface area (Å²) >= 11 is 2.83. The van der Waals surface area contributed by atoms with Gasteiger partial charge in [-0.2, -0.15) is 67.4 Å². The Kier molecular flexibility index (Phi) is 44.5. The number of carbonyl (C=O) groups excluding carboxylic acids is 6. The van der Waals surface area contributed by atoms with Crippen molar-refractivity contribution in [2.45, 2.75) is 227 Å². The highest BCUT2D eigenvalue weighted by atomic mass is 32.2. The van der Waals surface area contributed by atoms with E-state index in [1.165, 1.54) is 23.5 Å². The standard InChI is InChI=1S/C62H91F10N3O16S2.2CH4/c1-8-47(76)87-43-56(5,44-88-48(77)9-2)40-51(80)85-34-26-22-18-14-12-16-20-24-28-36-92-38-30-32-73-53(82)74(55(84)75(54(73)83)42-59(65,66)61(69,70)91-62(71,72)60(67,68)58(7,63)64)33-31-39-93-37-29-25-21-17-13-15-19-23-27-35-86-52(81)41-57(6,45-89-49(78)10-3)46-90-50(79)11-4;;/h8-11H,1-4,12-46H2,5-7H3;2*1H4. The van der Waals surface area contributed by atoms with E-state index in [-0.39, 0.29) is 80.2 Å². The van der Waals surface area contributed by atoms with Gasteiger partial charge in [-0.25, -0.2) is 52.0 Å². The molecule has 1 aromatic rings. The van der Waals surface area contributed by atoms with Gasteiger partial charge < -0.3 is 28.4 Å². The lowest BCUT2D eigenvalue weighted by atomic mass is 9.88. The highest BCUT2D eigenvalue weighted by Crippen LogP contribution is 2.50. The lowest BCUT2D eigenvalue weighted by Gasteiger charge is -2.34. The molecule has 0 bridgehead atoms. The first-order valence-corrected chi connectivity index (χ1v) is 33.1. The van der Waals surface area contributed by atoms with E-state index < -0.39 is 125 Å². The summed E-state index contributed by atoms with van der Waals surface area (Å²) in [7, 11) is 0. The van der Waals surface area contributed by atoms with Gasteiger partial charge in [-0.1, -0.05) is 145 Å². The van der Waals surface area contributed by atoms with E-state index in [1.807, 2.05) is 0 Å². The van der Waals surface area contributed by atoms with Gasteiger partial charge in [-0.05, 0) is 61.5 Å². The molecular formula is C64H99F10N3O16S2. The first kappa shape index (κ1) is 91.2. The molecular weight excluding hydrogens is 1320 g/mol. The normalized spacial score (nSPS) is 12.1. The van der Waals surface area contributed by atoms with Crippen molar-refractivity contribution < 1.29 is 106 Å². The molecule has 0 unspecified atom stereocenters. The van der Waals surface area contributed by atoms with Crippen molar-refractivity contribution in [2.75, 3.05) is 62.7 Å². The van der Waals surface area contributed by atoms with Crippen LogP contribution in [0.3, 0.4) is 0 Å². The highest BCUT2D eigenvalue weighted by molar-refractivity contribution is 7.99. The molecule has 0 saturated heterocycles. The molecule has 0 saturated carbocycles. The number of alkyl halides is 10. The number of thioether (sulfide) groups is 2. The van der Waals surface area contributed by atoms with E-state index in [1.54, 1.807) is 13.8 Å². The number of nitrogens with zero attached hydrogens (tertiary/aromatic N) is 3. The summed E-state index contributed by atoms with van der Waals surface area (Å²) in [6.07, 6.45) is 5.37. The van der Waals surface area contributed by atoms with Crippen LogP contribution in [0, 0.1) is 10.8 Å². The summed E-state index contributed by atoms with van der Waals surface area (Å²) < 4.78 is 176. The monoisotopic (exact) mass is 1420 g/mol. The van der Waals surface area contributed by atoms with Gasteiger partial charge in [0.25, 0.3) is 0 Å². The molecule has 1 aromatic heterocycles. The lowest BCUT2D eigenvalue weighted by molar-refractivity contribution is -0.485. The summed E-state index contributed by atoms with van der Waals surface area (Å²) in [6.45, 7) is 11.4. The van der Waals surface area contributed by atoms with Crippen LogP contribution in [-0.2, 0) is 81.6 Å². The molecule has 0 aliphatic carbocycles. The third kappa shape index (κ3) is 35.3. The van der Waals surface area contributed by atoms with E-state index in [9.17, 15) is 78.3 Å². The molecule has 0 atom stereocenters. The maximum atomic E-state index is 15.2. The van der Waals surface area contributed by atoms with E-state index in [2.05, 4.69) is 31.1 Å². The predicted octanol–water partition coefficient (Wildman–Crippen LogP) is 13.6. The second-order valence-corrected chi connectivity index (χ2v) is 25.4. The third-order valence-corrected chi connectivity index (χ3v) is 16.4. The number of unbranched alkanes of at least 4 members (excludes halogenated alkanes) is 16. The molecule has 0 aromatic carbocycles. The average Bonchev–Trinajstić information content (AvgIpc) is 0.755. The largest absolute Gasteiger partial charge is 0.466 e. The van der Waals surface area contributed by atoms with Gasteiger partial charge in [0.1, 0.15) is 33.0 Å². The van der Waals surface area contributed by atoms with Gasteiger partial charge in [0.2, 0.25) is 0 Å². The van der Waals surface area contributed by atoms with Crippen LogP contribution >= 0.6 is 23.5 Å².